The lowest BCUT2D eigenvalue weighted by Gasteiger charge is -2.12. The van der Waals surface area contributed by atoms with Crippen LogP contribution in [-0.4, -0.2) is 31.2 Å². The highest BCUT2D eigenvalue weighted by Gasteiger charge is 2.29. The maximum absolute atomic E-state index is 11.6. The van der Waals surface area contributed by atoms with Gasteiger partial charge in [-0.15, -0.1) is 0 Å². The van der Waals surface area contributed by atoms with E-state index in [1.54, 1.807) is 30.6 Å². The second-order valence-electron chi connectivity index (χ2n) is 5.78. The zero-order valence-electron chi connectivity index (χ0n) is 14.0. The van der Waals surface area contributed by atoms with Gasteiger partial charge in [-0.2, -0.15) is 0 Å². The van der Waals surface area contributed by atoms with Gasteiger partial charge in [0.25, 0.3) is 6.23 Å². The number of fused-ring (bicyclic) bond motifs is 3. The van der Waals surface area contributed by atoms with E-state index in [1.807, 2.05) is 23.8 Å². The van der Waals surface area contributed by atoms with E-state index in [9.17, 15) is 4.79 Å². The van der Waals surface area contributed by atoms with Crippen molar-refractivity contribution < 1.29 is 9.53 Å². The summed E-state index contributed by atoms with van der Waals surface area (Å²) in [5.41, 5.74) is 2.81. The quantitative estimate of drug-likeness (QED) is 0.650. The van der Waals surface area contributed by atoms with Crippen molar-refractivity contribution in [2.45, 2.75) is 20.1 Å². The smallest absolute Gasteiger partial charge is 0.304 e. The van der Waals surface area contributed by atoms with Crippen molar-refractivity contribution in [3.05, 3.63) is 70.8 Å². The molecule has 7 nitrogen and oxygen atoms in total. The fraction of sp³-hybridized carbons (Fsp3) is 0.167. The Hall–Kier alpha value is -3.06. The van der Waals surface area contributed by atoms with E-state index in [1.165, 1.54) is 6.92 Å². The molecule has 0 saturated carbocycles. The molecule has 0 saturated heterocycles. The summed E-state index contributed by atoms with van der Waals surface area (Å²) in [6.45, 7) is 3.20. The summed E-state index contributed by atoms with van der Waals surface area (Å²) >= 11 is 6.23. The molecule has 130 valence electrons. The molecule has 0 amide bonds. The van der Waals surface area contributed by atoms with Crippen molar-refractivity contribution in [1.29, 1.82) is 0 Å². The third kappa shape index (κ3) is 2.86. The molecule has 8 heteroatoms. The Morgan fingerprint density at radius 1 is 1.27 bits per heavy atom. The van der Waals surface area contributed by atoms with Crippen molar-refractivity contribution in [2.75, 3.05) is 0 Å². The van der Waals surface area contributed by atoms with E-state index in [0.717, 1.165) is 16.9 Å². The Kier molecular flexibility index (Phi) is 4.00. The average Bonchev–Trinajstić information content (AvgIpc) is 2.95. The second-order valence-corrected chi connectivity index (χ2v) is 6.22. The Labute approximate surface area is 154 Å². The average molecular weight is 368 g/mol. The molecule has 1 aliphatic rings. The minimum Gasteiger partial charge on any atom is -0.432 e. The van der Waals surface area contributed by atoms with Crippen LogP contribution in [0.1, 0.15) is 36.1 Å². The molecule has 2 aromatic heterocycles. The largest absolute Gasteiger partial charge is 0.432 e. The number of carbonyl (C=O) groups is 1. The molecule has 1 atom stereocenters. The number of hydrogen-bond acceptors (Lipinski definition) is 6. The third-order valence-electron chi connectivity index (χ3n) is 3.85. The zero-order chi connectivity index (χ0) is 18.3. The summed E-state index contributed by atoms with van der Waals surface area (Å²) in [4.78, 5) is 29.4. The summed E-state index contributed by atoms with van der Waals surface area (Å²) in [7, 11) is 0. The summed E-state index contributed by atoms with van der Waals surface area (Å²) < 4.78 is 7.28. The first-order valence-electron chi connectivity index (χ1n) is 7.91. The number of carbonyl (C=O) groups excluding carboxylic acids is 1. The second kappa shape index (κ2) is 6.34. The third-order valence-corrected chi connectivity index (χ3v) is 4.08. The lowest BCUT2D eigenvalue weighted by atomic mass is 10.1. The molecule has 4 rings (SSSR count). The molecular formula is C18H14ClN5O2. The number of benzene rings is 1. The molecule has 3 heterocycles. The van der Waals surface area contributed by atoms with Gasteiger partial charge in [0.05, 0.1) is 11.4 Å². The Morgan fingerprint density at radius 2 is 2.04 bits per heavy atom. The molecule has 0 bridgehead atoms. The standard InChI is InChI=1S/C18H14ClN5O2/c1-10-9-24-14-5-4-12(19)8-13(14)15(16-20-6-3-7-21-16)23-18(17(24)22-10)26-11(2)25/h3-9,18H,1-2H3. The highest BCUT2D eigenvalue weighted by atomic mass is 35.5. The van der Waals surface area contributed by atoms with E-state index in [2.05, 4.69) is 19.9 Å². The number of aromatic nitrogens is 4. The van der Waals surface area contributed by atoms with Crippen LogP contribution < -0.4 is 0 Å². The molecule has 1 unspecified atom stereocenters. The van der Waals surface area contributed by atoms with Gasteiger partial charge < -0.3 is 4.74 Å². The highest BCUT2D eigenvalue weighted by molar-refractivity contribution is 6.31. The van der Waals surface area contributed by atoms with E-state index in [4.69, 9.17) is 16.3 Å². The van der Waals surface area contributed by atoms with Gasteiger partial charge in [-0.1, -0.05) is 11.6 Å². The first-order valence-corrected chi connectivity index (χ1v) is 8.29. The fourth-order valence-corrected chi connectivity index (χ4v) is 3.04. The number of imidazole rings is 1. The number of halogens is 1. The fourth-order valence-electron chi connectivity index (χ4n) is 2.87. The van der Waals surface area contributed by atoms with Gasteiger partial charge >= 0.3 is 5.97 Å². The van der Waals surface area contributed by atoms with Gasteiger partial charge in [0.1, 0.15) is 5.71 Å². The van der Waals surface area contributed by atoms with Crippen molar-refractivity contribution in [2.24, 2.45) is 4.99 Å². The maximum Gasteiger partial charge on any atom is 0.304 e. The summed E-state index contributed by atoms with van der Waals surface area (Å²) in [5, 5.41) is 0.553. The lowest BCUT2D eigenvalue weighted by Crippen LogP contribution is -2.13. The number of esters is 1. The van der Waals surface area contributed by atoms with Crippen molar-refractivity contribution in [3.63, 3.8) is 0 Å². The highest BCUT2D eigenvalue weighted by Crippen LogP contribution is 2.32. The van der Waals surface area contributed by atoms with Gasteiger partial charge in [0, 0.05) is 36.1 Å². The van der Waals surface area contributed by atoms with Crippen LogP contribution in [0.5, 0.6) is 0 Å². The molecular weight excluding hydrogens is 354 g/mol. The van der Waals surface area contributed by atoms with Crippen LogP contribution in [0.15, 0.2) is 47.8 Å². The minimum atomic E-state index is -0.911. The number of ether oxygens (including phenoxy) is 1. The van der Waals surface area contributed by atoms with Gasteiger partial charge in [-0.25, -0.2) is 19.9 Å². The SMILES string of the molecule is CC(=O)OC1N=C(c2ncccn2)c2cc(Cl)ccc2-n2cc(C)nc21. The van der Waals surface area contributed by atoms with E-state index >= 15 is 0 Å². The summed E-state index contributed by atoms with van der Waals surface area (Å²) in [6, 6.07) is 7.17. The molecule has 0 aliphatic carbocycles. The monoisotopic (exact) mass is 367 g/mol. The molecule has 3 aromatic rings. The lowest BCUT2D eigenvalue weighted by molar-refractivity contribution is -0.146. The number of aliphatic imine (C=N–C) groups is 1. The molecule has 0 radical (unpaired) electrons. The van der Waals surface area contributed by atoms with E-state index in [-0.39, 0.29) is 0 Å². The summed E-state index contributed by atoms with van der Waals surface area (Å²) in [5.74, 6) is 0.464. The van der Waals surface area contributed by atoms with Crippen molar-refractivity contribution >= 4 is 23.3 Å². The number of aryl methyl sites for hydroxylation is 1. The van der Waals surface area contributed by atoms with E-state index < -0.39 is 12.2 Å². The van der Waals surface area contributed by atoms with Gasteiger partial charge in [0.15, 0.2) is 11.6 Å². The van der Waals surface area contributed by atoms with Gasteiger partial charge in [0.2, 0.25) is 0 Å². The zero-order valence-corrected chi connectivity index (χ0v) is 14.8. The molecule has 26 heavy (non-hydrogen) atoms. The molecule has 0 spiro atoms. The van der Waals surface area contributed by atoms with Gasteiger partial charge in [-0.3, -0.25) is 9.36 Å². The van der Waals surface area contributed by atoms with Crippen LogP contribution in [0.3, 0.4) is 0 Å². The number of rotatable bonds is 2. The van der Waals surface area contributed by atoms with Crippen LogP contribution in [0.25, 0.3) is 5.69 Å². The van der Waals surface area contributed by atoms with Crippen LogP contribution in [0.4, 0.5) is 0 Å². The summed E-state index contributed by atoms with van der Waals surface area (Å²) in [6.07, 6.45) is 4.21. The van der Waals surface area contributed by atoms with Crippen LogP contribution in [-0.2, 0) is 9.53 Å². The van der Waals surface area contributed by atoms with Gasteiger partial charge in [-0.05, 0) is 31.2 Å². The predicted octanol–water partition coefficient (Wildman–Crippen LogP) is 3.04. The van der Waals surface area contributed by atoms with Crippen LogP contribution >= 0.6 is 11.6 Å². The van der Waals surface area contributed by atoms with E-state index in [0.29, 0.717) is 22.4 Å². The molecule has 1 aromatic carbocycles. The Balaban J connectivity index is 2.02. The normalized spacial score (nSPS) is 15.5. The van der Waals surface area contributed by atoms with Crippen LogP contribution in [0.2, 0.25) is 5.02 Å². The first-order chi connectivity index (χ1) is 12.5. The number of nitrogens with zero attached hydrogens (tertiary/aromatic N) is 5. The topological polar surface area (TPSA) is 82.3 Å². The Bertz CT molecular complexity index is 1030. The Morgan fingerprint density at radius 3 is 2.77 bits per heavy atom. The number of hydrogen-bond donors (Lipinski definition) is 0. The minimum absolute atomic E-state index is 0.413. The van der Waals surface area contributed by atoms with Crippen LogP contribution in [0, 0.1) is 6.92 Å². The first kappa shape index (κ1) is 16.4. The van der Waals surface area contributed by atoms with Crippen molar-refractivity contribution in [1.82, 2.24) is 19.5 Å². The van der Waals surface area contributed by atoms with Crippen molar-refractivity contribution in [3.8, 4) is 5.69 Å². The molecule has 0 fully saturated rings. The molecule has 0 N–H and O–H groups in total. The maximum atomic E-state index is 11.6. The predicted molar refractivity (Wildman–Crippen MR) is 95.5 cm³/mol. The molecule has 1 aliphatic heterocycles.